The van der Waals surface area contributed by atoms with E-state index in [4.69, 9.17) is 0 Å². The fourth-order valence-corrected chi connectivity index (χ4v) is 4.02. The van der Waals surface area contributed by atoms with Gasteiger partial charge in [-0.15, -0.1) is 0 Å². The quantitative estimate of drug-likeness (QED) is 0.523. The molecule has 10 heavy (non-hydrogen) atoms. The summed E-state index contributed by atoms with van der Waals surface area (Å²) in [6, 6.07) is 4.10. The third-order valence-corrected chi connectivity index (χ3v) is 4.40. The number of carbonyl (C=O) groups excluding carboxylic acids is 1. The molecule has 2 aromatic rings. The molecule has 0 atom stereocenters. The van der Waals surface area contributed by atoms with E-state index in [0.717, 1.165) is 11.2 Å². The first kappa shape index (κ1) is 6.35. The number of fused-ring (bicyclic) bond motifs is 1. The van der Waals surface area contributed by atoms with Crippen LogP contribution < -0.4 is 0 Å². The van der Waals surface area contributed by atoms with Crippen molar-refractivity contribution >= 4 is 41.1 Å². The first-order chi connectivity index (χ1) is 4.90. The van der Waals surface area contributed by atoms with Gasteiger partial charge in [0.25, 0.3) is 0 Å². The summed E-state index contributed by atoms with van der Waals surface area (Å²) in [5.41, 5.74) is 0. The van der Waals surface area contributed by atoms with Crippen molar-refractivity contribution in [2.45, 2.75) is 0 Å². The SMILES string of the molecule is O=Cc1cc2[se]ccc2s1. The number of aldehydes is 1. The summed E-state index contributed by atoms with van der Waals surface area (Å²) in [5.74, 6) is 0. The van der Waals surface area contributed by atoms with Crippen LogP contribution in [-0.2, 0) is 0 Å². The molecule has 0 amide bonds. The molecule has 0 saturated carbocycles. The maximum absolute atomic E-state index is 10.3. The molecule has 2 heterocycles. The predicted octanol–water partition coefficient (Wildman–Crippen LogP) is 1.77. The van der Waals surface area contributed by atoms with Crippen LogP contribution in [0.25, 0.3) is 8.96 Å². The zero-order chi connectivity index (χ0) is 6.97. The van der Waals surface area contributed by atoms with Gasteiger partial charge >= 0.3 is 67.8 Å². The van der Waals surface area contributed by atoms with Crippen LogP contribution in [0.4, 0.5) is 0 Å². The van der Waals surface area contributed by atoms with Crippen LogP contribution in [-0.4, -0.2) is 20.8 Å². The molecule has 0 N–H and O–H groups in total. The molecule has 2 aromatic heterocycles. The molecule has 2 rings (SSSR count). The molecule has 0 aliphatic carbocycles. The van der Waals surface area contributed by atoms with Crippen molar-refractivity contribution in [1.29, 1.82) is 0 Å². The van der Waals surface area contributed by atoms with Crippen molar-refractivity contribution in [3.63, 3.8) is 0 Å². The molecule has 0 aromatic carbocycles. The molecular formula is C7H4OSSe. The topological polar surface area (TPSA) is 17.1 Å². The standard InChI is InChI=1S/C7H4OSSe/c8-4-5-3-7-6(9-5)1-2-10-7/h1-4H. The van der Waals surface area contributed by atoms with Crippen molar-refractivity contribution in [2.75, 3.05) is 0 Å². The summed E-state index contributed by atoms with van der Waals surface area (Å²) in [4.78, 5) is 13.3. The fraction of sp³-hybridized carbons (Fsp3) is 0. The monoisotopic (exact) mass is 216 g/mol. The molecular weight excluding hydrogens is 211 g/mol. The summed E-state index contributed by atoms with van der Waals surface area (Å²) < 4.78 is 2.64. The number of hydrogen-bond donors (Lipinski definition) is 0. The Balaban J connectivity index is 2.78. The summed E-state index contributed by atoms with van der Waals surface area (Å²) in [7, 11) is 0. The molecule has 0 saturated heterocycles. The zero-order valence-corrected chi connectivity index (χ0v) is 7.56. The Morgan fingerprint density at radius 2 is 2.50 bits per heavy atom. The summed E-state index contributed by atoms with van der Waals surface area (Å²) in [6.45, 7) is 0. The van der Waals surface area contributed by atoms with Crippen molar-refractivity contribution in [3.8, 4) is 0 Å². The Morgan fingerprint density at radius 3 is 3.20 bits per heavy atom. The third kappa shape index (κ3) is 0.870. The molecule has 0 fully saturated rings. The van der Waals surface area contributed by atoms with Gasteiger partial charge in [-0.05, 0) is 0 Å². The average Bonchev–Trinajstić information content (AvgIpc) is 2.42. The van der Waals surface area contributed by atoms with Crippen LogP contribution in [0.1, 0.15) is 9.67 Å². The maximum atomic E-state index is 10.3. The minimum atomic E-state index is 0.493. The van der Waals surface area contributed by atoms with Gasteiger partial charge in [0.2, 0.25) is 0 Å². The molecule has 0 bridgehead atoms. The number of hydrogen-bond acceptors (Lipinski definition) is 2. The van der Waals surface area contributed by atoms with Gasteiger partial charge in [-0.25, -0.2) is 0 Å². The van der Waals surface area contributed by atoms with Crippen molar-refractivity contribution < 1.29 is 4.79 Å². The van der Waals surface area contributed by atoms with E-state index in [2.05, 4.69) is 11.0 Å². The Morgan fingerprint density at radius 1 is 1.60 bits per heavy atom. The second-order valence-corrected chi connectivity index (χ2v) is 5.02. The fourth-order valence-electron chi connectivity index (χ4n) is 0.843. The van der Waals surface area contributed by atoms with Gasteiger partial charge in [0, 0.05) is 0 Å². The molecule has 0 unspecified atom stereocenters. The number of carbonyl (C=O) groups is 1. The van der Waals surface area contributed by atoms with Crippen LogP contribution in [0, 0.1) is 0 Å². The van der Waals surface area contributed by atoms with E-state index < -0.39 is 0 Å². The first-order valence-corrected chi connectivity index (χ1v) is 5.48. The summed E-state index contributed by atoms with van der Waals surface area (Å²) in [6.07, 6.45) is 0.924. The van der Waals surface area contributed by atoms with Gasteiger partial charge in [0.15, 0.2) is 0 Å². The van der Waals surface area contributed by atoms with E-state index in [0.29, 0.717) is 14.5 Å². The molecule has 0 aliphatic rings. The molecule has 0 aliphatic heterocycles. The van der Waals surface area contributed by atoms with Crippen molar-refractivity contribution in [2.24, 2.45) is 0 Å². The summed E-state index contributed by atoms with van der Waals surface area (Å²) in [5, 5.41) is 0. The van der Waals surface area contributed by atoms with Crippen LogP contribution >= 0.6 is 11.3 Å². The second-order valence-electron chi connectivity index (χ2n) is 1.92. The molecule has 50 valence electrons. The van der Waals surface area contributed by atoms with E-state index in [9.17, 15) is 4.79 Å². The second kappa shape index (κ2) is 2.35. The van der Waals surface area contributed by atoms with E-state index in [1.165, 1.54) is 8.96 Å². The van der Waals surface area contributed by atoms with Crippen LogP contribution in [0.2, 0.25) is 0 Å². The van der Waals surface area contributed by atoms with Crippen molar-refractivity contribution in [3.05, 3.63) is 22.0 Å². The molecule has 0 spiro atoms. The van der Waals surface area contributed by atoms with Crippen LogP contribution in [0.5, 0.6) is 0 Å². The van der Waals surface area contributed by atoms with E-state index in [-0.39, 0.29) is 0 Å². The average molecular weight is 215 g/mol. The zero-order valence-electron chi connectivity index (χ0n) is 5.03. The van der Waals surface area contributed by atoms with E-state index in [1.54, 1.807) is 11.3 Å². The van der Waals surface area contributed by atoms with Gasteiger partial charge < -0.3 is 0 Å². The van der Waals surface area contributed by atoms with Gasteiger partial charge in [-0.2, -0.15) is 0 Å². The molecule has 1 nitrogen and oxygen atoms in total. The van der Waals surface area contributed by atoms with Crippen molar-refractivity contribution in [1.82, 2.24) is 0 Å². The molecule has 3 heteroatoms. The Kier molecular flexibility index (Phi) is 1.49. The first-order valence-electron chi connectivity index (χ1n) is 2.82. The van der Waals surface area contributed by atoms with E-state index >= 15 is 0 Å². The van der Waals surface area contributed by atoms with E-state index in [1.807, 2.05) is 6.07 Å². The number of rotatable bonds is 1. The predicted molar refractivity (Wildman–Crippen MR) is 44.2 cm³/mol. The Bertz CT molecular complexity index is 332. The van der Waals surface area contributed by atoms with Crippen LogP contribution in [0.15, 0.2) is 17.1 Å². The van der Waals surface area contributed by atoms with Crippen LogP contribution in [0.3, 0.4) is 0 Å². The summed E-state index contributed by atoms with van der Waals surface area (Å²) >= 11 is 2.08. The third-order valence-electron chi connectivity index (χ3n) is 1.27. The minimum absolute atomic E-state index is 0.493. The van der Waals surface area contributed by atoms with Gasteiger partial charge in [0.1, 0.15) is 0 Å². The van der Waals surface area contributed by atoms with Gasteiger partial charge in [-0.1, -0.05) is 0 Å². The van der Waals surface area contributed by atoms with Gasteiger partial charge in [-0.3, -0.25) is 0 Å². The normalized spacial score (nSPS) is 10.4. The Hall–Kier alpha value is -0.371. The number of thiophene rings is 1. The van der Waals surface area contributed by atoms with Gasteiger partial charge in [0.05, 0.1) is 0 Å². The molecule has 0 radical (unpaired) electrons. The Labute approximate surface area is 68.0 Å².